The highest BCUT2D eigenvalue weighted by molar-refractivity contribution is 6.02. The zero-order valence-corrected chi connectivity index (χ0v) is 14.6. The molecule has 7 nitrogen and oxygen atoms in total. The molecule has 7 heteroatoms. The molecule has 130 valence electrons. The van der Waals surface area contributed by atoms with Crippen molar-refractivity contribution in [2.24, 2.45) is 0 Å². The highest BCUT2D eigenvalue weighted by Gasteiger charge is 2.22. The van der Waals surface area contributed by atoms with E-state index < -0.39 is 0 Å². The average molecular weight is 339 g/mol. The molecule has 0 aliphatic carbocycles. The number of para-hydroxylation sites is 1. The third-order valence-electron chi connectivity index (χ3n) is 4.13. The molecule has 3 rings (SSSR count). The van der Waals surface area contributed by atoms with Crippen molar-refractivity contribution in [2.45, 2.75) is 20.4 Å². The summed E-state index contributed by atoms with van der Waals surface area (Å²) in [5.41, 5.74) is 2.26. The van der Waals surface area contributed by atoms with E-state index in [0.29, 0.717) is 31.1 Å². The van der Waals surface area contributed by atoms with E-state index in [0.717, 1.165) is 16.5 Å². The van der Waals surface area contributed by atoms with Crippen LogP contribution in [-0.4, -0.2) is 45.9 Å². The average Bonchev–Trinajstić information content (AvgIpc) is 3.13. The Balaban J connectivity index is 2.01. The molecule has 0 unspecified atom stereocenters. The quantitative estimate of drug-likeness (QED) is 0.642. The number of carbonyl (C=O) groups is 1. The van der Waals surface area contributed by atoms with Gasteiger partial charge in [0.25, 0.3) is 0 Å². The zero-order valence-electron chi connectivity index (χ0n) is 14.6. The first kappa shape index (κ1) is 16.9. The maximum absolute atomic E-state index is 12.6. The summed E-state index contributed by atoms with van der Waals surface area (Å²) >= 11 is 0. The monoisotopic (exact) mass is 339 g/mol. The lowest BCUT2D eigenvalue weighted by molar-refractivity contribution is 0.0526. The molecule has 0 radical (unpaired) electrons. The number of hydrogen-bond acceptors (Lipinski definition) is 6. The molecule has 0 N–H and O–H groups in total. The molecular formula is C18H21N5O2. The number of likely N-dealkylation sites (N-methyl/N-ethyl adjacent to an activating group) is 1. The van der Waals surface area contributed by atoms with Crippen LogP contribution in [-0.2, 0) is 11.3 Å². The Morgan fingerprint density at radius 2 is 1.96 bits per heavy atom. The number of pyridine rings is 1. The van der Waals surface area contributed by atoms with E-state index in [4.69, 9.17) is 9.72 Å². The summed E-state index contributed by atoms with van der Waals surface area (Å²) in [5, 5.41) is 8.57. The molecule has 2 aromatic heterocycles. The molecule has 25 heavy (non-hydrogen) atoms. The Kier molecular flexibility index (Phi) is 4.92. The summed E-state index contributed by atoms with van der Waals surface area (Å²) in [7, 11) is 1.92. The first-order chi connectivity index (χ1) is 12.1. The van der Waals surface area contributed by atoms with Crippen LogP contribution in [0.15, 0.2) is 36.9 Å². The van der Waals surface area contributed by atoms with E-state index in [1.807, 2.05) is 47.7 Å². The van der Waals surface area contributed by atoms with Gasteiger partial charge in [0, 0.05) is 25.5 Å². The van der Waals surface area contributed by atoms with Gasteiger partial charge in [-0.15, -0.1) is 10.2 Å². The van der Waals surface area contributed by atoms with Gasteiger partial charge < -0.3 is 14.2 Å². The van der Waals surface area contributed by atoms with E-state index in [9.17, 15) is 4.79 Å². The number of benzene rings is 1. The Morgan fingerprint density at radius 1 is 1.24 bits per heavy atom. The largest absolute Gasteiger partial charge is 0.462 e. The van der Waals surface area contributed by atoms with Crippen LogP contribution in [0.1, 0.15) is 22.8 Å². The molecule has 0 spiro atoms. The Morgan fingerprint density at radius 3 is 2.68 bits per heavy atom. The standard InChI is InChI=1S/C18H21N5O2/c1-4-25-18(24)16-13(2)14-7-5-6-8-15(14)21-17(16)22(3)9-10-23-11-19-20-12-23/h5-8,11-12H,4,9-10H2,1-3H3. The molecule has 0 fully saturated rings. The number of aromatic nitrogens is 4. The van der Waals surface area contributed by atoms with Crippen LogP contribution in [0.3, 0.4) is 0 Å². The third-order valence-corrected chi connectivity index (χ3v) is 4.13. The lowest BCUT2D eigenvalue weighted by Crippen LogP contribution is -2.26. The van der Waals surface area contributed by atoms with Gasteiger partial charge in [-0.25, -0.2) is 9.78 Å². The first-order valence-electron chi connectivity index (χ1n) is 8.21. The summed E-state index contributed by atoms with van der Waals surface area (Å²) in [4.78, 5) is 19.2. The van der Waals surface area contributed by atoms with E-state index >= 15 is 0 Å². The smallest absolute Gasteiger partial charge is 0.342 e. The number of fused-ring (bicyclic) bond motifs is 1. The van der Waals surface area contributed by atoms with Gasteiger partial charge in [0.2, 0.25) is 0 Å². The Hall–Kier alpha value is -2.96. The number of esters is 1. The fraction of sp³-hybridized carbons (Fsp3) is 0.333. The first-order valence-corrected chi connectivity index (χ1v) is 8.21. The van der Waals surface area contributed by atoms with Gasteiger partial charge in [-0.1, -0.05) is 18.2 Å². The molecule has 0 saturated heterocycles. The van der Waals surface area contributed by atoms with Gasteiger partial charge in [-0.3, -0.25) is 0 Å². The van der Waals surface area contributed by atoms with Crippen LogP contribution in [0, 0.1) is 6.92 Å². The molecule has 1 aromatic carbocycles. The van der Waals surface area contributed by atoms with Gasteiger partial charge in [-0.2, -0.15) is 0 Å². The molecule has 3 aromatic rings. The van der Waals surface area contributed by atoms with Crippen molar-refractivity contribution in [2.75, 3.05) is 25.1 Å². The maximum Gasteiger partial charge on any atom is 0.342 e. The van der Waals surface area contributed by atoms with Crippen molar-refractivity contribution in [1.82, 2.24) is 19.7 Å². The summed E-state index contributed by atoms with van der Waals surface area (Å²) < 4.78 is 7.15. The number of ether oxygens (including phenoxy) is 1. The molecule has 0 aliphatic heterocycles. The Labute approximate surface area is 146 Å². The third kappa shape index (κ3) is 3.45. The predicted octanol–water partition coefficient (Wildman–Crippen LogP) is 2.45. The summed E-state index contributed by atoms with van der Waals surface area (Å²) in [6, 6.07) is 7.82. The van der Waals surface area contributed by atoms with E-state index in [1.165, 1.54) is 0 Å². The van der Waals surface area contributed by atoms with Crippen molar-refractivity contribution in [3.8, 4) is 0 Å². The zero-order chi connectivity index (χ0) is 17.8. The number of nitrogens with zero attached hydrogens (tertiary/aromatic N) is 5. The molecule has 2 heterocycles. The predicted molar refractivity (Wildman–Crippen MR) is 95.7 cm³/mol. The fourth-order valence-corrected chi connectivity index (χ4v) is 2.79. The van der Waals surface area contributed by atoms with Crippen molar-refractivity contribution >= 4 is 22.7 Å². The molecule has 0 bridgehead atoms. The second-order valence-corrected chi connectivity index (χ2v) is 5.79. The van der Waals surface area contributed by atoms with Gasteiger partial charge >= 0.3 is 5.97 Å². The van der Waals surface area contributed by atoms with Crippen LogP contribution in [0.5, 0.6) is 0 Å². The van der Waals surface area contributed by atoms with Gasteiger partial charge in [0.05, 0.1) is 12.1 Å². The van der Waals surface area contributed by atoms with E-state index in [1.54, 1.807) is 19.6 Å². The number of anilines is 1. The van der Waals surface area contributed by atoms with E-state index in [-0.39, 0.29) is 5.97 Å². The van der Waals surface area contributed by atoms with Crippen LogP contribution in [0.4, 0.5) is 5.82 Å². The minimum atomic E-state index is -0.343. The molecule has 0 aliphatic rings. The summed E-state index contributed by atoms with van der Waals surface area (Å²) in [6.07, 6.45) is 3.33. The number of carbonyl (C=O) groups excluding carboxylic acids is 1. The second kappa shape index (κ2) is 7.29. The number of rotatable bonds is 6. The molecule has 0 atom stereocenters. The molecule has 0 amide bonds. The van der Waals surface area contributed by atoms with Gasteiger partial charge in [-0.05, 0) is 25.5 Å². The topological polar surface area (TPSA) is 73.1 Å². The lowest BCUT2D eigenvalue weighted by Gasteiger charge is -2.23. The lowest BCUT2D eigenvalue weighted by atomic mass is 10.0. The van der Waals surface area contributed by atoms with Crippen molar-refractivity contribution < 1.29 is 9.53 Å². The minimum Gasteiger partial charge on any atom is -0.462 e. The van der Waals surface area contributed by atoms with Crippen LogP contribution in [0.25, 0.3) is 10.9 Å². The Bertz CT molecular complexity index is 877. The second-order valence-electron chi connectivity index (χ2n) is 5.79. The van der Waals surface area contributed by atoms with Crippen molar-refractivity contribution in [1.29, 1.82) is 0 Å². The minimum absolute atomic E-state index is 0.328. The number of aryl methyl sites for hydroxylation is 1. The van der Waals surface area contributed by atoms with Gasteiger partial charge in [0.1, 0.15) is 24.0 Å². The van der Waals surface area contributed by atoms with E-state index in [2.05, 4.69) is 10.2 Å². The SMILES string of the molecule is CCOC(=O)c1c(N(C)CCn2cnnc2)nc2ccccc2c1C. The normalized spacial score (nSPS) is 10.8. The highest BCUT2D eigenvalue weighted by atomic mass is 16.5. The maximum atomic E-state index is 12.6. The summed E-state index contributed by atoms with van der Waals surface area (Å²) in [6.45, 7) is 5.42. The number of hydrogen-bond donors (Lipinski definition) is 0. The summed E-state index contributed by atoms with van der Waals surface area (Å²) in [5.74, 6) is 0.284. The highest BCUT2D eigenvalue weighted by Crippen LogP contribution is 2.28. The fourth-order valence-electron chi connectivity index (χ4n) is 2.79. The van der Waals surface area contributed by atoms with Gasteiger partial charge in [0.15, 0.2) is 0 Å². The molecular weight excluding hydrogens is 318 g/mol. The van der Waals surface area contributed by atoms with Crippen molar-refractivity contribution in [3.05, 3.63) is 48.0 Å². The van der Waals surface area contributed by atoms with Crippen molar-refractivity contribution in [3.63, 3.8) is 0 Å². The molecule has 0 saturated carbocycles. The van der Waals surface area contributed by atoms with Crippen LogP contribution in [0.2, 0.25) is 0 Å². The van der Waals surface area contributed by atoms with Crippen LogP contribution >= 0.6 is 0 Å². The van der Waals surface area contributed by atoms with Crippen LogP contribution < -0.4 is 4.90 Å².